The highest BCUT2D eigenvalue weighted by Gasteiger charge is 2.54. The normalized spacial score (nSPS) is 29.6. The number of nitrogens with one attached hydrogen (secondary N) is 1. The highest BCUT2D eigenvalue weighted by atomic mass is 16.5. The van der Waals surface area contributed by atoms with E-state index >= 15 is 0 Å². The summed E-state index contributed by atoms with van der Waals surface area (Å²) in [6, 6.07) is 9.07. The van der Waals surface area contributed by atoms with E-state index in [-0.39, 0.29) is 0 Å². The van der Waals surface area contributed by atoms with Crippen LogP contribution in [0.2, 0.25) is 0 Å². The second kappa shape index (κ2) is 6.17. The molecule has 2 saturated carbocycles. The number of hydrogen-bond acceptors (Lipinski definition) is 2. The van der Waals surface area contributed by atoms with Crippen LogP contribution in [0.1, 0.15) is 50.6 Å². The Kier molecular flexibility index (Phi) is 4.30. The SMILES string of the molecule is CCCOc1ccccc1C(NC)C1C2CCCCC21. The van der Waals surface area contributed by atoms with Crippen molar-refractivity contribution in [2.24, 2.45) is 17.8 Å². The fourth-order valence-corrected chi connectivity index (χ4v) is 4.18. The van der Waals surface area contributed by atoms with Crippen LogP contribution in [0, 0.1) is 17.8 Å². The summed E-state index contributed by atoms with van der Waals surface area (Å²) in [7, 11) is 2.10. The largest absolute Gasteiger partial charge is 0.493 e. The average Bonchev–Trinajstić information content (AvgIpc) is 3.22. The van der Waals surface area contributed by atoms with Crippen LogP contribution in [0.15, 0.2) is 24.3 Å². The molecule has 3 rings (SSSR count). The summed E-state index contributed by atoms with van der Waals surface area (Å²) in [6.07, 6.45) is 6.80. The molecule has 0 aromatic heterocycles. The standard InChI is InChI=1S/C18H27NO/c1-3-12-20-16-11-7-6-10-15(16)18(19-2)17-13-8-4-5-9-14(13)17/h6-7,10-11,13-14,17-19H,3-5,8-9,12H2,1-2H3. The van der Waals surface area contributed by atoms with Gasteiger partial charge in [0, 0.05) is 11.6 Å². The molecule has 2 aliphatic carbocycles. The molecule has 2 heteroatoms. The van der Waals surface area contributed by atoms with Crippen molar-refractivity contribution in [3.63, 3.8) is 0 Å². The van der Waals surface area contributed by atoms with Crippen LogP contribution >= 0.6 is 0 Å². The molecule has 3 unspecified atom stereocenters. The van der Waals surface area contributed by atoms with Gasteiger partial charge in [-0.15, -0.1) is 0 Å². The van der Waals surface area contributed by atoms with Gasteiger partial charge < -0.3 is 10.1 Å². The Morgan fingerprint density at radius 2 is 1.90 bits per heavy atom. The number of hydrogen-bond donors (Lipinski definition) is 1. The number of fused-ring (bicyclic) bond motifs is 1. The maximum Gasteiger partial charge on any atom is 0.124 e. The van der Waals surface area contributed by atoms with Gasteiger partial charge in [0.2, 0.25) is 0 Å². The molecule has 2 fully saturated rings. The van der Waals surface area contributed by atoms with Gasteiger partial charge in [0.25, 0.3) is 0 Å². The van der Waals surface area contributed by atoms with Gasteiger partial charge >= 0.3 is 0 Å². The third kappa shape index (κ3) is 2.58. The fourth-order valence-electron chi connectivity index (χ4n) is 4.18. The van der Waals surface area contributed by atoms with Crippen molar-refractivity contribution in [2.45, 2.75) is 45.1 Å². The molecule has 2 nitrogen and oxygen atoms in total. The average molecular weight is 273 g/mol. The van der Waals surface area contributed by atoms with E-state index in [0.29, 0.717) is 6.04 Å². The molecule has 0 amide bonds. The molecule has 0 heterocycles. The van der Waals surface area contributed by atoms with Crippen molar-refractivity contribution in [3.05, 3.63) is 29.8 Å². The monoisotopic (exact) mass is 273 g/mol. The summed E-state index contributed by atoms with van der Waals surface area (Å²) in [5, 5.41) is 3.57. The number of para-hydroxylation sites is 1. The van der Waals surface area contributed by atoms with Gasteiger partial charge in [-0.2, -0.15) is 0 Å². The van der Waals surface area contributed by atoms with Gasteiger partial charge in [-0.3, -0.25) is 0 Å². The zero-order valence-corrected chi connectivity index (χ0v) is 12.8. The van der Waals surface area contributed by atoms with Crippen LogP contribution in [-0.2, 0) is 0 Å². The number of rotatable bonds is 6. The first-order valence-corrected chi connectivity index (χ1v) is 8.25. The van der Waals surface area contributed by atoms with E-state index in [0.717, 1.165) is 36.5 Å². The van der Waals surface area contributed by atoms with E-state index in [1.54, 1.807) is 0 Å². The van der Waals surface area contributed by atoms with Crippen LogP contribution in [-0.4, -0.2) is 13.7 Å². The lowest BCUT2D eigenvalue weighted by molar-refractivity contribution is 0.307. The first kappa shape index (κ1) is 13.9. The van der Waals surface area contributed by atoms with Crippen LogP contribution in [0.3, 0.4) is 0 Å². The zero-order chi connectivity index (χ0) is 13.9. The van der Waals surface area contributed by atoms with E-state index in [9.17, 15) is 0 Å². The van der Waals surface area contributed by atoms with Gasteiger partial charge in [0.05, 0.1) is 6.61 Å². The molecule has 20 heavy (non-hydrogen) atoms. The Hall–Kier alpha value is -1.02. The Morgan fingerprint density at radius 1 is 1.20 bits per heavy atom. The van der Waals surface area contributed by atoms with Crippen molar-refractivity contribution in [1.29, 1.82) is 0 Å². The topological polar surface area (TPSA) is 21.3 Å². The fraction of sp³-hybridized carbons (Fsp3) is 0.667. The van der Waals surface area contributed by atoms with E-state index in [2.05, 4.69) is 43.6 Å². The summed E-state index contributed by atoms with van der Waals surface area (Å²) < 4.78 is 5.96. The molecule has 0 spiro atoms. The van der Waals surface area contributed by atoms with Crippen molar-refractivity contribution in [3.8, 4) is 5.75 Å². The van der Waals surface area contributed by atoms with Crippen molar-refractivity contribution in [2.75, 3.05) is 13.7 Å². The summed E-state index contributed by atoms with van der Waals surface area (Å²) in [5.74, 6) is 3.83. The van der Waals surface area contributed by atoms with Crippen LogP contribution < -0.4 is 10.1 Å². The number of benzene rings is 1. The second-order valence-electron chi connectivity index (χ2n) is 6.34. The minimum atomic E-state index is 0.469. The third-order valence-corrected chi connectivity index (χ3v) is 5.13. The molecule has 110 valence electrons. The smallest absolute Gasteiger partial charge is 0.124 e. The predicted molar refractivity (Wildman–Crippen MR) is 83.0 cm³/mol. The molecule has 3 atom stereocenters. The summed E-state index contributed by atoms with van der Waals surface area (Å²) in [5.41, 5.74) is 1.36. The Labute approximate surface area is 122 Å². The predicted octanol–water partition coefficient (Wildman–Crippen LogP) is 4.17. The number of ether oxygens (including phenoxy) is 1. The minimum Gasteiger partial charge on any atom is -0.493 e. The van der Waals surface area contributed by atoms with E-state index < -0.39 is 0 Å². The van der Waals surface area contributed by atoms with E-state index in [4.69, 9.17) is 4.74 Å². The van der Waals surface area contributed by atoms with E-state index in [1.807, 2.05) is 0 Å². The molecule has 1 aromatic rings. The molecule has 2 aliphatic rings. The summed E-state index contributed by atoms with van der Waals surface area (Å²) >= 11 is 0. The lowest BCUT2D eigenvalue weighted by Gasteiger charge is -2.20. The zero-order valence-electron chi connectivity index (χ0n) is 12.8. The summed E-state index contributed by atoms with van der Waals surface area (Å²) in [4.78, 5) is 0. The van der Waals surface area contributed by atoms with Gasteiger partial charge in [0.1, 0.15) is 5.75 Å². The molecule has 0 bridgehead atoms. The quantitative estimate of drug-likeness (QED) is 0.840. The first-order chi connectivity index (χ1) is 9.86. The van der Waals surface area contributed by atoms with Gasteiger partial charge in [-0.1, -0.05) is 38.0 Å². The summed E-state index contributed by atoms with van der Waals surface area (Å²) in [6.45, 7) is 2.97. The Balaban J connectivity index is 1.79. The third-order valence-electron chi connectivity index (χ3n) is 5.13. The van der Waals surface area contributed by atoms with Crippen molar-refractivity contribution >= 4 is 0 Å². The molecule has 0 aliphatic heterocycles. The molecule has 0 radical (unpaired) electrons. The highest BCUT2D eigenvalue weighted by molar-refractivity contribution is 5.37. The molecule has 1 aromatic carbocycles. The molecular weight excluding hydrogens is 246 g/mol. The molecule has 0 saturated heterocycles. The minimum absolute atomic E-state index is 0.469. The Bertz CT molecular complexity index is 433. The lowest BCUT2D eigenvalue weighted by atomic mass is 9.99. The van der Waals surface area contributed by atoms with Crippen LogP contribution in [0.4, 0.5) is 0 Å². The van der Waals surface area contributed by atoms with Gasteiger partial charge in [-0.25, -0.2) is 0 Å². The lowest BCUT2D eigenvalue weighted by Crippen LogP contribution is -2.20. The van der Waals surface area contributed by atoms with E-state index in [1.165, 1.54) is 31.2 Å². The maximum atomic E-state index is 5.96. The maximum absolute atomic E-state index is 5.96. The van der Waals surface area contributed by atoms with Gasteiger partial charge in [-0.05, 0) is 50.1 Å². The first-order valence-electron chi connectivity index (χ1n) is 8.25. The highest BCUT2D eigenvalue weighted by Crippen LogP contribution is 2.60. The Morgan fingerprint density at radius 3 is 2.55 bits per heavy atom. The molecular formula is C18H27NO. The second-order valence-corrected chi connectivity index (χ2v) is 6.34. The van der Waals surface area contributed by atoms with Gasteiger partial charge in [0.15, 0.2) is 0 Å². The van der Waals surface area contributed by atoms with Crippen molar-refractivity contribution in [1.82, 2.24) is 5.32 Å². The molecule has 1 N–H and O–H groups in total. The van der Waals surface area contributed by atoms with Crippen molar-refractivity contribution < 1.29 is 4.74 Å². The van der Waals surface area contributed by atoms with Crippen LogP contribution in [0.5, 0.6) is 5.75 Å². The van der Waals surface area contributed by atoms with Crippen LogP contribution in [0.25, 0.3) is 0 Å².